The van der Waals surface area contributed by atoms with Gasteiger partial charge in [0.2, 0.25) is 0 Å². The van der Waals surface area contributed by atoms with Crippen molar-refractivity contribution in [3.63, 3.8) is 0 Å². The summed E-state index contributed by atoms with van der Waals surface area (Å²) in [6.07, 6.45) is 0. The number of anilines is 1. The van der Waals surface area contributed by atoms with E-state index < -0.39 is 20.2 Å². The van der Waals surface area contributed by atoms with E-state index in [-0.39, 0.29) is 5.69 Å². The van der Waals surface area contributed by atoms with Crippen LogP contribution in [0.2, 0.25) is 0 Å². The molecule has 20 heavy (non-hydrogen) atoms. The highest BCUT2D eigenvalue weighted by Crippen LogP contribution is 2.35. The minimum absolute atomic E-state index is 0.0442. The predicted octanol–water partition coefficient (Wildman–Crippen LogP) is 2.03. The van der Waals surface area contributed by atoms with Crippen molar-refractivity contribution in [2.75, 3.05) is 31.6 Å². The lowest BCUT2D eigenvalue weighted by Crippen LogP contribution is -2.31. The highest BCUT2D eigenvalue weighted by atomic mass is 32.2. The number of sulfone groups is 1. The first-order valence-electron chi connectivity index (χ1n) is 6.04. The summed E-state index contributed by atoms with van der Waals surface area (Å²) in [5.41, 5.74) is -5.26. The fourth-order valence-electron chi connectivity index (χ4n) is 1.67. The summed E-state index contributed by atoms with van der Waals surface area (Å²) in [4.78, 5) is 0.771. The van der Waals surface area contributed by atoms with Gasteiger partial charge in [0.25, 0.3) is 9.84 Å². The van der Waals surface area contributed by atoms with E-state index in [1.165, 1.54) is 23.1 Å². The smallest absolute Gasteiger partial charge is 0.372 e. The molecule has 0 heterocycles. The minimum Gasteiger partial charge on any atom is -0.372 e. The number of benzene rings is 1. The van der Waals surface area contributed by atoms with Crippen molar-refractivity contribution in [3.8, 4) is 0 Å². The Bertz CT molecular complexity index is 544. The lowest BCUT2D eigenvalue weighted by Gasteiger charge is -2.22. The molecule has 0 amide bonds. The van der Waals surface area contributed by atoms with Gasteiger partial charge in [-0.05, 0) is 18.7 Å². The Kier molecular flexibility index (Phi) is 5.41. The van der Waals surface area contributed by atoms with Gasteiger partial charge in [0.15, 0.2) is 0 Å². The van der Waals surface area contributed by atoms with Gasteiger partial charge in [-0.1, -0.05) is 19.1 Å². The molecule has 0 aromatic heterocycles. The summed E-state index contributed by atoms with van der Waals surface area (Å²) in [5, 5.41) is 3.02. The van der Waals surface area contributed by atoms with Gasteiger partial charge in [0.05, 0.1) is 10.6 Å². The molecule has 0 saturated heterocycles. The molecule has 8 heteroatoms. The van der Waals surface area contributed by atoms with Crippen LogP contribution in [0.4, 0.5) is 18.9 Å². The zero-order chi connectivity index (χ0) is 15.4. The molecule has 0 aliphatic rings. The molecule has 0 bridgehead atoms. The molecule has 0 saturated carbocycles. The van der Waals surface area contributed by atoms with Crippen LogP contribution in [-0.2, 0) is 9.84 Å². The van der Waals surface area contributed by atoms with Crippen LogP contribution in [0.1, 0.15) is 6.92 Å². The number of nitrogens with zero attached hydrogens (tertiary/aromatic N) is 1. The summed E-state index contributed by atoms with van der Waals surface area (Å²) in [6, 6.07) is 5.13. The maximum absolute atomic E-state index is 12.7. The van der Waals surface area contributed by atoms with Crippen LogP contribution in [0.15, 0.2) is 29.2 Å². The van der Waals surface area contributed by atoms with E-state index in [9.17, 15) is 21.6 Å². The second kappa shape index (κ2) is 6.45. The number of para-hydroxylation sites is 1. The number of alkyl halides is 3. The van der Waals surface area contributed by atoms with E-state index in [2.05, 4.69) is 5.32 Å². The highest BCUT2D eigenvalue weighted by Gasteiger charge is 2.48. The number of rotatable bonds is 6. The molecule has 0 radical (unpaired) electrons. The lowest BCUT2D eigenvalue weighted by molar-refractivity contribution is -0.0435. The molecule has 4 nitrogen and oxygen atoms in total. The van der Waals surface area contributed by atoms with Gasteiger partial charge in [-0.3, -0.25) is 0 Å². The molecule has 0 fully saturated rings. The summed E-state index contributed by atoms with van der Waals surface area (Å²) < 4.78 is 61.0. The molecule has 0 unspecified atom stereocenters. The van der Waals surface area contributed by atoms with E-state index in [1.807, 2.05) is 6.92 Å². The largest absolute Gasteiger partial charge is 0.501 e. The van der Waals surface area contributed by atoms with Crippen molar-refractivity contribution in [1.82, 2.24) is 5.32 Å². The van der Waals surface area contributed by atoms with Crippen LogP contribution >= 0.6 is 0 Å². The van der Waals surface area contributed by atoms with Gasteiger partial charge in [0, 0.05) is 20.1 Å². The van der Waals surface area contributed by atoms with E-state index in [1.54, 1.807) is 7.05 Å². The summed E-state index contributed by atoms with van der Waals surface area (Å²) in [7, 11) is -3.79. The number of hydrogen-bond acceptors (Lipinski definition) is 4. The second-order valence-electron chi connectivity index (χ2n) is 4.19. The van der Waals surface area contributed by atoms with Crippen molar-refractivity contribution < 1.29 is 21.6 Å². The Morgan fingerprint density at radius 3 is 2.40 bits per heavy atom. The molecular formula is C12H17F3N2O2S. The van der Waals surface area contributed by atoms with Crippen molar-refractivity contribution in [1.29, 1.82) is 0 Å². The SMILES string of the molecule is CCNCCN(C)c1ccccc1S(=O)(=O)C(F)(F)F. The fraction of sp³-hybridized carbons (Fsp3) is 0.500. The van der Waals surface area contributed by atoms with Crippen molar-refractivity contribution in [3.05, 3.63) is 24.3 Å². The third kappa shape index (κ3) is 3.63. The Morgan fingerprint density at radius 1 is 1.25 bits per heavy atom. The molecule has 1 aromatic rings. The second-order valence-corrected chi connectivity index (χ2v) is 6.10. The molecule has 1 rings (SSSR count). The van der Waals surface area contributed by atoms with E-state index in [4.69, 9.17) is 0 Å². The molecule has 0 aliphatic heterocycles. The zero-order valence-electron chi connectivity index (χ0n) is 11.2. The molecule has 114 valence electrons. The van der Waals surface area contributed by atoms with Gasteiger partial charge < -0.3 is 10.2 Å². The van der Waals surface area contributed by atoms with Gasteiger partial charge in [-0.2, -0.15) is 13.2 Å². The Labute approximate surface area is 116 Å². The number of halogens is 3. The highest BCUT2D eigenvalue weighted by molar-refractivity contribution is 7.92. The van der Waals surface area contributed by atoms with E-state index >= 15 is 0 Å². The average molecular weight is 310 g/mol. The third-order valence-corrected chi connectivity index (χ3v) is 4.28. The van der Waals surface area contributed by atoms with Gasteiger partial charge in [0.1, 0.15) is 0 Å². The number of likely N-dealkylation sites (N-methyl/N-ethyl adjacent to an activating group) is 2. The Morgan fingerprint density at radius 2 is 1.85 bits per heavy atom. The van der Waals surface area contributed by atoms with Crippen molar-refractivity contribution in [2.45, 2.75) is 17.3 Å². The van der Waals surface area contributed by atoms with Crippen LogP contribution in [0.25, 0.3) is 0 Å². The van der Waals surface area contributed by atoms with Crippen LogP contribution in [0.3, 0.4) is 0 Å². The first-order valence-corrected chi connectivity index (χ1v) is 7.52. The molecular weight excluding hydrogens is 293 g/mol. The summed E-state index contributed by atoms with van der Waals surface area (Å²) in [6.45, 7) is 3.59. The first kappa shape index (κ1) is 16.8. The van der Waals surface area contributed by atoms with E-state index in [0.717, 1.165) is 12.6 Å². The van der Waals surface area contributed by atoms with Crippen molar-refractivity contribution >= 4 is 15.5 Å². The minimum atomic E-state index is -5.34. The maximum Gasteiger partial charge on any atom is 0.501 e. The fourth-order valence-corrected chi connectivity index (χ4v) is 2.67. The van der Waals surface area contributed by atoms with Gasteiger partial charge in [-0.25, -0.2) is 8.42 Å². The molecule has 0 aliphatic carbocycles. The number of nitrogens with one attached hydrogen (secondary N) is 1. The monoisotopic (exact) mass is 310 g/mol. The summed E-state index contributed by atoms with van der Waals surface area (Å²) in [5.74, 6) is 0. The van der Waals surface area contributed by atoms with Crippen LogP contribution in [-0.4, -0.2) is 40.6 Å². The molecule has 0 spiro atoms. The predicted molar refractivity (Wildman–Crippen MR) is 71.5 cm³/mol. The van der Waals surface area contributed by atoms with E-state index in [0.29, 0.717) is 13.1 Å². The third-order valence-electron chi connectivity index (χ3n) is 2.74. The lowest BCUT2D eigenvalue weighted by atomic mass is 10.3. The van der Waals surface area contributed by atoms with Gasteiger partial charge >= 0.3 is 5.51 Å². The average Bonchev–Trinajstić information content (AvgIpc) is 2.37. The van der Waals surface area contributed by atoms with Gasteiger partial charge in [-0.15, -0.1) is 0 Å². The van der Waals surface area contributed by atoms with Crippen LogP contribution in [0, 0.1) is 0 Å². The standard InChI is InChI=1S/C12H17F3N2O2S/c1-3-16-8-9-17(2)10-6-4-5-7-11(10)20(18,19)12(13,14)15/h4-7,16H,3,8-9H2,1-2H3. The quantitative estimate of drug-likeness (QED) is 0.817. The summed E-state index contributed by atoms with van der Waals surface area (Å²) >= 11 is 0. The van der Waals surface area contributed by atoms with Crippen molar-refractivity contribution in [2.24, 2.45) is 0 Å². The van der Waals surface area contributed by atoms with Crippen LogP contribution < -0.4 is 10.2 Å². The Balaban J connectivity index is 3.12. The first-order chi connectivity index (χ1) is 9.21. The normalized spacial score (nSPS) is 12.4. The van der Waals surface area contributed by atoms with Crippen LogP contribution in [0.5, 0.6) is 0 Å². The zero-order valence-corrected chi connectivity index (χ0v) is 12.1. The molecule has 1 N–H and O–H groups in total. The molecule has 0 atom stereocenters. The number of hydrogen-bond donors (Lipinski definition) is 1. The topological polar surface area (TPSA) is 49.4 Å². The Hall–Kier alpha value is -1.28. The maximum atomic E-state index is 12.7. The molecule has 1 aromatic carbocycles.